The molecule has 2 aromatic carbocycles. The second kappa shape index (κ2) is 8.74. The molecule has 0 fully saturated rings. The highest BCUT2D eigenvalue weighted by atomic mass is 19.4. The fourth-order valence-corrected chi connectivity index (χ4v) is 2.53. The molecule has 1 atom stereocenters. The summed E-state index contributed by atoms with van der Waals surface area (Å²) in [6.45, 7) is 1.61. The molecule has 2 aromatic rings. The van der Waals surface area contributed by atoms with E-state index in [1.54, 1.807) is 18.3 Å². The Labute approximate surface area is 172 Å². The van der Waals surface area contributed by atoms with Crippen LogP contribution in [-0.4, -0.2) is 37.2 Å². The van der Waals surface area contributed by atoms with E-state index in [1.165, 1.54) is 18.2 Å². The van der Waals surface area contributed by atoms with E-state index in [9.17, 15) is 35.9 Å². The number of carbonyl (C=O) groups is 2. The maximum absolute atomic E-state index is 14.0. The first-order valence-corrected chi connectivity index (χ1v) is 8.46. The number of esters is 1. The molecule has 0 aromatic heterocycles. The number of hydrogen-bond donors (Lipinski definition) is 2. The first-order valence-electron chi connectivity index (χ1n) is 8.46. The Morgan fingerprint density at radius 1 is 0.935 bits per heavy atom. The SMILES string of the molecule is COC(=O)C(NC(=O)c1cccc(C)c1)(Nc1ccc(OC(F)(F)F)cc1)C(F)(F)F. The summed E-state index contributed by atoms with van der Waals surface area (Å²) in [6.07, 6.45) is -10.4. The van der Waals surface area contributed by atoms with Crippen LogP contribution in [0.5, 0.6) is 5.75 Å². The standard InChI is InChI=1S/C19H16F6N2O4/c1-11-4-3-5-12(10-11)15(28)27-17(16(29)30-2,18(20,21)22)26-13-6-8-14(9-7-13)31-19(23,24)25/h3-10,26H,1-2H3,(H,27,28). The zero-order valence-electron chi connectivity index (χ0n) is 16.0. The van der Waals surface area contributed by atoms with E-state index in [-0.39, 0.29) is 5.56 Å². The number of hydrogen-bond acceptors (Lipinski definition) is 5. The number of rotatable bonds is 6. The number of ether oxygens (including phenoxy) is 2. The predicted molar refractivity (Wildman–Crippen MR) is 96.2 cm³/mol. The van der Waals surface area contributed by atoms with Crippen molar-refractivity contribution in [2.24, 2.45) is 0 Å². The van der Waals surface area contributed by atoms with E-state index in [2.05, 4.69) is 9.47 Å². The lowest BCUT2D eigenvalue weighted by molar-refractivity contribution is -0.274. The molecule has 2 N–H and O–H groups in total. The topological polar surface area (TPSA) is 76.7 Å². The molecule has 0 heterocycles. The molecular formula is C19H16F6N2O4. The summed E-state index contributed by atoms with van der Waals surface area (Å²) in [7, 11) is 0.684. The molecule has 12 heteroatoms. The number of amides is 1. The van der Waals surface area contributed by atoms with Crippen molar-refractivity contribution in [3.63, 3.8) is 0 Å². The van der Waals surface area contributed by atoms with Gasteiger partial charge in [0.25, 0.3) is 5.91 Å². The number of alkyl halides is 6. The maximum Gasteiger partial charge on any atom is 0.573 e. The van der Waals surface area contributed by atoms with Crippen LogP contribution in [0.1, 0.15) is 15.9 Å². The van der Waals surface area contributed by atoms with Gasteiger partial charge in [0.15, 0.2) is 0 Å². The number of benzene rings is 2. The number of methoxy groups -OCH3 is 1. The number of aryl methyl sites for hydroxylation is 1. The Bertz CT molecular complexity index is 944. The molecule has 31 heavy (non-hydrogen) atoms. The lowest BCUT2D eigenvalue weighted by atomic mass is 10.1. The Balaban J connectivity index is 2.42. The molecule has 6 nitrogen and oxygen atoms in total. The summed E-state index contributed by atoms with van der Waals surface area (Å²) in [5.41, 5.74) is -3.75. The van der Waals surface area contributed by atoms with Crippen molar-refractivity contribution in [2.75, 3.05) is 12.4 Å². The smallest absolute Gasteiger partial charge is 0.466 e. The Hall–Kier alpha value is -3.44. The minimum atomic E-state index is -5.40. The number of carbonyl (C=O) groups excluding carboxylic acids is 2. The zero-order chi connectivity index (χ0) is 23.4. The highest BCUT2D eigenvalue weighted by Crippen LogP contribution is 2.34. The van der Waals surface area contributed by atoms with Crippen molar-refractivity contribution in [2.45, 2.75) is 25.1 Å². The molecule has 1 amide bonds. The molecule has 0 radical (unpaired) electrons. The highest BCUT2D eigenvalue weighted by Gasteiger charge is 2.63. The fraction of sp³-hybridized carbons (Fsp3) is 0.263. The van der Waals surface area contributed by atoms with Gasteiger partial charge in [-0.1, -0.05) is 17.7 Å². The van der Waals surface area contributed by atoms with Crippen LogP contribution in [0.4, 0.5) is 32.0 Å². The Morgan fingerprint density at radius 2 is 1.55 bits per heavy atom. The van der Waals surface area contributed by atoms with Crippen molar-refractivity contribution in [1.82, 2.24) is 5.32 Å². The summed E-state index contributed by atoms with van der Waals surface area (Å²) < 4.78 is 86.7. The first-order chi connectivity index (χ1) is 14.3. The van der Waals surface area contributed by atoms with E-state index in [0.29, 0.717) is 12.7 Å². The van der Waals surface area contributed by atoms with Crippen molar-refractivity contribution in [1.29, 1.82) is 0 Å². The molecular weight excluding hydrogens is 434 g/mol. The number of anilines is 1. The van der Waals surface area contributed by atoms with Crippen molar-refractivity contribution in [3.05, 3.63) is 59.7 Å². The lowest BCUT2D eigenvalue weighted by Crippen LogP contribution is -2.69. The van der Waals surface area contributed by atoms with Crippen LogP contribution in [0, 0.1) is 6.92 Å². The van der Waals surface area contributed by atoms with Crippen LogP contribution in [-0.2, 0) is 9.53 Å². The third kappa shape index (κ3) is 5.80. The van der Waals surface area contributed by atoms with E-state index in [0.717, 1.165) is 24.3 Å². The van der Waals surface area contributed by atoms with Gasteiger partial charge >= 0.3 is 24.2 Å². The van der Waals surface area contributed by atoms with Gasteiger partial charge in [0.05, 0.1) is 7.11 Å². The van der Waals surface area contributed by atoms with Crippen LogP contribution >= 0.6 is 0 Å². The molecule has 0 saturated heterocycles. The molecule has 1 unspecified atom stereocenters. The minimum absolute atomic E-state index is 0.159. The number of nitrogens with one attached hydrogen (secondary N) is 2. The van der Waals surface area contributed by atoms with Gasteiger partial charge in [-0.15, -0.1) is 13.2 Å². The third-order valence-electron chi connectivity index (χ3n) is 3.92. The second-order valence-corrected chi connectivity index (χ2v) is 6.26. The van der Waals surface area contributed by atoms with Crippen LogP contribution in [0.3, 0.4) is 0 Å². The van der Waals surface area contributed by atoms with E-state index in [1.807, 2.05) is 5.32 Å². The molecule has 168 valence electrons. The van der Waals surface area contributed by atoms with Crippen LogP contribution in [0.25, 0.3) is 0 Å². The van der Waals surface area contributed by atoms with Gasteiger partial charge in [-0.25, -0.2) is 4.79 Å². The average molecular weight is 450 g/mol. The van der Waals surface area contributed by atoms with Gasteiger partial charge in [-0.05, 0) is 43.3 Å². The van der Waals surface area contributed by atoms with Gasteiger partial charge < -0.3 is 20.1 Å². The maximum atomic E-state index is 14.0. The average Bonchev–Trinajstić information content (AvgIpc) is 2.66. The highest BCUT2D eigenvalue weighted by molar-refractivity contribution is 5.99. The largest absolute Gasteiger partial charge is 0.573 e. The van der Waals surface area contributed by atoms with Gasteiger partial charge in [0.1, 0.15) is 5.75 Å². The predicted octanol–water partition coefficient (Wildman–Crippen LogP) is 4.17. The van der Waals surface area contributed by atoms with Crippen molar-refractivity contribution >= 4 is 17.6 Å². The van der Waals surface area contributed by atoms with Gasteiger partial charge in [-0.3, -0.25) is 4.79 Å². The quantitative estimate of drug-likeness (QED) is 0.393. The summed E-state index contributed by atoms with van der Waals surface area (Å²) in [5.74, 6) is -3.83. The number of halogens is 6. The lowest BCUT2D eigenvalue weighted by Gasteiger charge is -2.35. The van der Waals surface area contributed by atoms with Crippen molar-refractivity contribution in [3.8, 4) is 5.75 Å². The molecule has 0 aliphatic carbocycles. The summed E-state index contributed by atoms with van der Waals surface area (Å²) in [5, 5.41) is 3.43. The second-order valence-electron chi connectivity index (χ2n) is 6.26. The van der Waals surface area contributed by atoms with E-state index >= 15 is 0 Å². The van der Waals surface area contributed by atoms with Gasteiger partial charge in [0, 0.05) is 11.3 Å². The molecule has 2 rings (SSSR count). The van der Waals surface area contributed by atoms with Crippen LogP contribution in [0.15, 0.2) is 48.5 Å². The van der Waals surface area contributed by atoms with Gasteiger partial charge in [-0.2, -0.15) is 13.2 Å². The zero-order valence-corrected chi connectivity index (χ0v) is 16.0. The summed E-state index contributed by atoms with van der Waals surface area (Å²) >= 11 is 0. The monoisotopic (exact) mass is 450 g/mol. The molecule has 0 aliphatic rings. The molecule has 0 spiro atoms. The van der Waals surface area contributed by atoms with Crippen LogP contribution < -0.4 is 15.4 Å². The van der Waals surface area contributed by atoms with Gasteiger partial charge in [0.2, 0.25) is 0 Å². The van der Waals surface area contributed by atoms with E-state index in [4.69, 9.17) is 0 Å². The minimum Gasteiger partial charge on any atom is -0.466 e. The third-order valence-corrected chi connectivity index (χ3v) is 3.92. The van der Waals surface area contributed by atoms with Crippen LogP contribution in [0.2, 0.25) is 0 Å². The fourth-order valence-electron chi connectivity index (χ4n) is 2.53. The Kier molecular flexibility index (Phi) is 6.72. The summed E-state index contributed by atoms with van der Waals surface area (Å²) in [4.78, 5) is 24.7. The molecule has 0 bridgehead atoms. The normalized spacial score (nSPS) is 13.7. The summed E-state index contributed by atoms with van der Waals surface area (Å²) in [6, 6.07) is 8.67. The Morgan fingerprint density at radius 3 is 2.03 bits per heavy atom. The van der Waals surface area contributed by atoms with E-state index < -0.39 is 41.5 Å². The molecule has 0 saturated carbocycles. The van der Waals surface area contributed by atoms with Crippen molar-refractivity contribution < 1.29 is 45.4 Å². The first kappa shape index (κ1) is 23.8. The molecule has 0 aliphatic heterocycles.